The van der Waals surface area contributed by atoms with Gasteiger partial charge in [-0.05, 0) is 5.92 Å². The van der Waals surface area contributed by atoms with Crippen LogP contribution >= 0.6 is 0 Å². The number of hydrogen-bond donors (Lipinski definition) is 2. The minimum Gasteiger partial charge on any atom is -0.367 e. The first-order chi connectivity index (χ1) is 8.49. The van der Waals surface area contributed by atoms with Crippen LogP contribution in [0.25, 0.3) is 0 Å². The van der Waals surface area contributed by atoms with Gasteiger partial charge in [-0.1, -0.05) is 13.8 Å². The van der Waals surface area contributed by atoms with Crippen LogP contribution in [-0.2, 0) is 4.79 Å². The Labute approximate surface area is 105 Å². The van der Waals surface area contributed by atoms with Gasteiger partial charge in [0.1, 0.15) is 5.82 Å². The van der Waals surface area contributed by atoms with Crippen LogP contribution < -0.4 is 10.6 Å². The Balaban J connectivity index is 2.31. The second kappa shape index (κ2) is 6.88. The van der Waals surface area contributed by atoms with E-state index in [0.717, 1.165) is 12.3 Å². The van der Waals surface area contributed by atoms with Gasteiger partial charge in [0.25, 0.3) is 0 Å². The molecule has 0 atom stereocenters. The third-order valence-electron chi connectivity index (χ3n) is 2.16. The highest BCUT2D eigenvalue weighted by atomic mass is 19.1. The Kier molecular flexibility index (Phi) is 5.48. The number of hydrogen-bond acceptors (Lipinski definition) is 3. The maximum absolute atomic E-state index is 13.2. The summed E-state index contributed by atoms with van der Waals surface area (Å²) in [5.74, 6) is -1.27. The number of aromatic nitrogens is 1. The van der Waals surface area contributed by atoms with Crippen molar-refractivity contribution in [2.24, 2.45) is 5.92 Å². The van der Waals surface area contributed by atoms with E-state index in [2.05, 4.69) is 15.6 Å². The van der Waals surface area contributed by atoms with Crippen molar-refractivity contribution in [3.05, 3.63) is 23.9 Å². The summed E-state index contributed by atoms with van der Waals surface area (Å²) in [6.45, 7) is 4.86. The molecule has 100 valence electrons. The fraction of sp³-hybridized carbons (Fsp3) is 0.500. The van der Waals surface area contributed by atoms with Crippen molar-refractivity contribution >= 4 is 11.7 Å². The second-order valence-corrected chi connectivity index (χ2v) is 4.36. The Morgan fingerprint density at radius 3 is 2.78 bits per heavy atom. The van der Waals surface area contributed by atoms with E-state index < -0.39 is 11.6 Å². The summed E-state index contributed by atoms with van der Waals surface area (Å²) in [6.07, 6.45) is 1.13. The van der Waals surface area contributed by atoms with E-state index in [1.54, 1.807) is 0 Å². The zero-order valence-corrected chi connectivity index (χ0v) is 10.5. The molecule has 18 heavy (non-hydrogen) atoms. The maximum atomic E-state index is 13.2. The molecule has 0 aliphatic carbocycles. The van der Waals surface area contributed by atoms with Crippen molar-refractivity contribution in [2.75, 3.05) is 18.4 Å². The van der Waals surface area contributed by atoms with Gasteiger partial charge in [-0.15, -0.1) is 0 Å². The molecule has 0 bridgehead atoms. The van der Waals surface area contributed by atoms with E-state index in [9.17, 15) is 13.6 Å². The van der Waals surface area contributed by atoms with Crippen molar-refractivity contribution < 1.29 is 13.6 Å². The average molecular weight is 257 g/mol. The lowest BCUT2D eigenvalue weighted by molar-refractivity contribution is -0.120. The topological polar surface area (TPSA) is 54.0 Å². The molecule has 1 aromatic heterocycles. The van der Waals surface area contributed by atoms with E-state index in [1.165, 1.54) is 0 Å². The SMILES string of the molecule is CC(C)CNC(=O)CCNc1ncc(F)cc1F. The summed E-state index contributed by atoms with van der Waals surface area (Å²) in [5, 5.41) is 5.38. The van der Waals surface area contributed by atoms with Crippen LogP contribution in [-0.4, -0.2) is 24.0 Å². The molecule has 1 aromatic rings. The number of halogens is 2. The highest BCUT2D eigenvalue weighted by Crippen LogP contribution is 2.10. The second-order valence-electron chi connectivity index (χ2n) is 4.36. The molecule has 0 fully saturated rings. The Bertz CT molecular complexity index is 410. The van der Waals surface area contributed by atoms with E-state index in [0.29, 0.717) is 12.5 Å². The predicted molar refractivity (Wildman–Crippen MR) is 65.1 cm³/mol. The maximum Gasteiger partial charge on any atom is 0.221 e. The van der Waals surface area contributed by atoms with Gasteiger partial charge in [0.15, 0.2) is 11.6 Å². The summed E-state index contributed by atoms with van der Waals surface area (Å²) in [7, 11) is 0. The molecule has 1 rings (SSSR count). The Morgan fingerprint density at radius 2 is 2.17 bits per heavy atom. The fourth-order valence-corrected chi connectivity index (χ4v) is 1.25. The van der Waals surface area contributed by atoms with Crippen LogP contribution in [0.4, 0.5) is 14.6 Å². The zero-order chi connectivity index (χ0) is 13.5. The molecule has 0 saturated carbocycles. The van der Waals surface area contributed by atoms with Crippen molar-refractivity contribution in [2.45, 2.75) is 20.3 Å². The molecule has 1 heterocycles. The third kappa shape index (κ3) is 5.07. The number of carbonyl (C=O) groups excluding carboxylic acids is 1. The van der Waals surface area contributed by atoms with Crippen molar-refractivity contribution in [1.82, 2.24) is 10.3 Å². The van der Waals surface area contributed by atoms with Crippen LogP contribution in [0.2, 0.25) is 0 Å². The summed E-state index contributed by atoms with van der Waals surface area (Å²) in [4.78, 5) is 14.9. The molecular weight excluding hydrogens is 240 g/mol. The quantitative estimate of drug-likeness (QED) is 0.818. The Morgan fingerprint density at radius 1 is 1.44 bits per heavy atom. The molecule has 0 aromatic carbocycles. The van der Waals surface area contributed by atoms with E-state index in [1.807, 2.05) is 13.8 Å². The van der Waals surface area contributed by atoms with Crippen molar-refractivity contribution in [3.63, 3.8) is 0 Å². The van der Waals surface area contributed by atoms with E-state index in [4.69, 9.17) is 0 Å². The smallest absolute Gasteiger partial charge is 0.221 e. The van der Waals surface area contributed by atoms with Gasteiger partial charge < -0.3 is 10.6 Å². The molecule has 6 heteroatoms. The number of amides is 1. The van der Waals surface area contributed by atoms with Gasteiger partial charge in [0, 0.05) is 25.6 Å². The van der Waals surface area contributed by atoms with Gasteiger partial charge in [-0.25, -0.2) is 13.8 Å². The van der Waals surface area contributed by atoms with Crippen LogP contribution in [0.15, 0.2) is 12.3 Å². The van der Waals surface area contributed by atoms with Crippen LogP contribution in [0.5, 0.6) is 0 Å². The molecule has 1 amide bonds. The number of nitrogens with one attached hydrogen (secondary N) is 2. The molecule has 0 radical (unpaired) electrons. The number of carbonyl (C=O) groups is 1. The van der Waals surface area contributed by atoms with Gasteiger partial charge >= 0.3 is 0 Å². The number of anilines is 1. The Hall–Kier alpha value is -1.72. The number of pyridine rings is 1. The van der Waals surface area contributed by atoms with Gasteiger partial charge in [-0.3, -0.25) is 4.79 Å². The molecular formula is C12H17F2N3O. The molecule has 2 N–H and O–H groups in total. The standard InChI is InChI=1S/C12H17F2N3O/c1-8(2)6-16-11(18)3-4-15-12-10(14)5-9(13)7-17-12/h5,7-8H,3-4,6H2,1-2H3,(H,15,17)(H,16,18). The molecule has 0 aliphatic rings. The van der Waals surface area contributed by atoms with Gasteiger partial charge in [0.2, 0.25) is 5.91 Å². The summed E-state index contributed by atoms with van der Waals surface area (Å²) in [5.41, 5.74) is 0. The third-order valence-corrected chi connectivity index (χ3v) is 2.16. The molecule has 0 unspecified atom stereocenters. The lowest BCUT2D eigenvalue weighted by Gasteiger charge is -2.09. The fourth-order valence-electron chi connectivity index (χ4n) is 1.25. The first-order valence-corrected chi connectivity index (χ1v) is 5.80. The van der Waals surface area contributed by atoms with Crippen LogP contribution in [0.1, 0.15) is 20.3 Å². The molecule has 0 spiro atoms. The highest BCUT2D eigenvalue weighted by molar-refractivity contribution is 5.76. The minimum atomic E-state index is -0.766. The van der Waals surface area contributed by atoms with E-state index >= 15 is 0 Å². The predicted octanol–water partition coefficient (Wildman–Crippen LogP) is 1.93. The van der Waals surface area contributed by atoms with Gasteiger partial charge in [-0.2, -0.15) is 0 Å². The minimum absolute atomic E-state index is 0.0481. The zero-order valence-electron chi connectivity index (χ0n) is 10.5. The lowest BCUT2D eigenvalue weighted by atomic mass is 10.2. The average Bonchev–Trinajstić information content (AvgIpc) is 2.29. The van der Waals surface area contributed by atoms with Crippen molar-refractivity contribution in [3.8, 4) is 0 Å². The highest BCUT2D eigenvalue weighted by Gasteiger charge is 2.06. The largest absolute Gasteiger partial charge is 0.367 e. The number of rotatable bonds is 6. The van der Waals surface area contributed by atoms with Crippen LogP contribution in [0.3, 0.4) is 0 Å². The number of nitrogens with zero attached hydrogens (tertiary/aromatic N) is 1. The first-order valence-electron chi connectivity index (χ1n) is 5.80. The van der Waals surface area contributed by atoms with Crippen molar-refractivity contribution in [1.29, 1.82) is 0 Å². The van der Waals surface area contributed by atoms with Crippen LogP contribution in [0, 0.1) is 17.6 Å². The monoisotopic (exact) mass is 257 g/mol. The molecule has 0 aliphatic heterocycles. The summed E-state index contributed by atoms with van der Waals surface area (Å²) in [6, 6.07) is 0.744. The van der Waals surface area contributed by atoms with E-state index in [-0.39, 0.29) is 24.7 Å². The summed E-state index contributed by atoms with van der Waals surface area (Å²) >= 11 is 0. The first kappa shape index (κ1) is 14.3. The molecule has 0 saturated heterocycles. The summed E-state index contributed by atoms with van der Waals surface area (Å²) < 4.78 is 25.7. The lowest BCUT2D eigenvalue weighted by Crippen LogP contribution is -2.28. The normalized spacial score (nSPS) is 10.5. The van der Waals surface area contributed by atoms with Gasteiger partial charge in [0.05, 0.1) is 6.20 Å². The molecule has 4 nitrogen and oxygen atoms in total.